The number of rotatable bonds is 5. The normalized spacial score (nSPS) is 19.6. The molecular weight excluding hydrogens is 324 g/mol. The Morgan fingerprint density at radius 1 is 1.38 bits per heavy atom. The van der Waals surface area contributed by atoms with Gasteiger partial charge in [0.1, 0.15) is 0 Å². The molecule has 3 N–H and O–H groups in total. The van der Waals surface area contributed by atoms with Crippen molar-refractivity contribution >= 4 is 35.6 Å². The van der Waals surface area contributed by atoms with E-state index < -0.39 is 30.8 Å². The van der Waals surface area contributed by atoms with Gasteiger partial charge >= 0.3 is 0 Å². The van der Waals surface area contributed by atoms with Crippen molar-refractivity contribution in [1.82, 2.24) is 16.0 Å². The molecule has 2 heterocycles. The van der Waals surface area contributed by atoms with Crippen molar-refractivity contribution in [2.24, 2.45) is 0 Å². The van der Waals surface area contributed by atoms with Gasteiger partial charge < -0.3 is 10.6 Å². The van der Waals surface area contributed by atoms with Gasteiger partial charge in [0.15, 0.2) is 0 Å². The van der Waals surface area contributed by atoms with E-state index in [2.05, 4.69) is 16.0 Å². The monoisotopic (exact) mass is 339 g/mol. The van der Waals surface area contributed by atoms with Crippen LogP contribution in [-0.2, 0) is 4.79 Å². The summed E-state index contributed by atoms with van der Waals surface area (Å²) in [5.74, 6) is -3.50. The fraction of sp³-hybridized carbons (Fsp3) is 0.500. The molecule has 9 heteroatoms. The minimum absolute atomic E-state index is 0. The van der Waals surface area contributed by atoms with Crippen LogP contribution in [0.4, 0.5) is 8.78 Å². The molecular formula is C12H16ClF2N3O2S. The van der Waals surface area contributed by atoms with Crippen LogP contribution in [0.2, 0.25) is 0 Å². The number of alkyl halides is 2. The summed E-state index contributed by atoms with van der Waals surface area (Å²) < 4.78 is 25.8. The molecule has 0 aromatic carbocycles. The predicted molar refractivity (Wildman–Crippen MR) is 78.3 cm³/mol. The van der Waals surface area contributed by atoms with Crippen LogP contribution in [-0.4, -0.2) is 43.4 Å². The first kappa shape index (κ1) is 17.8. The third-order valence-electron chi connectivity index (χ3n) is 2.88. The van der Waals surface area contributed by atoms with E-state index in [9.17, 15) is 18.4 Å². The van der Waals surface area contributed by atoms with Crippen molar-refractivity contribution in [2.45, 2.75) is 18.4 Å². The third kappa shape index (κ3) is 5.22. The lowest BCUT2D eigenvalue weighted by atomic mass is 10.2. The first-order valence-electron chi connectivity index (χ1n) is 6.18. The summed E-state index contributed by atoms with van der Waals surface area (Å²) in [5, 5.41) is 9.42. The van der Waals surface area contributed by atoms with Gasteiger partial charge in [0.2, 0.25) is 5.91 Å². The van der Waals surface area contributed by atoms with E-state index in [4.69, 9.17) is 0 Å². The number of hydrogen-bond donors (Lipinski definition) is 3. The highest BCUT2D eigenvalue weighted by Gasteiger charge is 2.42. The van der Waals surface area contributed by atoms with Crippen LogP contribution in [0, 0.1) is 0 Å². The van der Waals surface area contributed by atoms with Gasteiger partial charge in [-0.15, -0.1) is 23.7 Å². The Balaban J connectivity index is 0.00000220. The van der Waals surface area contributed by atoms with E-state index in [0.717, 1.165) is 0 Å². The van der Waals surface area contributed by atoms with Gasteiger partial charge in [0.05, 0.1) is 17.5 Å². The number of hydrogen-bond acceptors (Lipinski definition) is 4. The number of thiophene rings is 1. The lowest BCUT2D eigenvalue weighted by molar-refractivity contribution is -0.123. The first-order valence-corrected chi connectivity index (χ1v) is 7.06. The molecule has 1 fully saturated rings. The van der Waals surface area contributed by atoms with Crippen LogP contribution in [0.1, 0.15) is 16.1 Å². The van der Waals surface area contributed by atoms with Crippen LogP contribution in [0.3, 0.4) is 0 Å². The zero-order valence-corrected chi connectivity index (χ0v) is 12.7. The van der Waals surface area contributed by atoms with E-state index >= 15 is 0 Å². The molecule has 2 rings (SSSR count). The molecule has 5 nitrogen and oxygen atoms in total. The van der Waals surface area contributed by atoms with Crippen molar-refractivity contribution in [1.29, 1.82) is 0 Å². The second-order valence-corrected chi connectivity index (χ2v) is 5.47. The van der Waals surface area contributed by atoms with Crippen molar-refractivity contribution < 1.29 is 18.4 Å². The molecule has 1 aromatic rings. The fourth-order valence-electron chi connectivity index (χ4n) is 1.88. The maximum absolute atomic E-state index is 12.9. The van der Waals surface area contributed by atoms with Crippen LogP contribution >= 0.6 is 23.7 Å². The molecule has 0 spiro atoms. The highest BCUT2D eigenvalue weighted by Crippen LogP contribution is 2.24. The summed E-state index contributed by atoms with van der Waals surface area (Å²) >= 11 is 1.32. The molecule has 2 amide bonds. The largest absolute Gasteiger partial charge is 0.353 e. The summed E-state index contributed by atoms with van der Waals surface area (Å²) in [5.41, 5.74) is 0. The van der Waals surface area contributed by atoms with Crippen LogP contribution < -0.4 is 16.0 Å². The van der Waals surface area contributed by atoms with Gasteiger partial charge in [-0.2, -0.15) is 0 Å². The minimum atomic E-state index is -2.82. The second-order valence-electron chi connectivity index (χ2n) is 4.52. The van der Waals surface area contributed by atoms with E-state index in [1.54, 1.807) is 17.5 Å². The third-order valence-corrected chi connectivity index (χ3v) is 3.75. The quantitative estimate of drug-likeness (QED) is 0.701. The highest BCUT2D eigenvalue weighted by atomic mass is 35.5. The second kappa shape index (κ2) is 7.67. The summed E-state index contributed by atoms with van der Waals surface area (Å²) in [7, 11) is 0. The summed E-state index contributed by atoms with van der Waals surface area (Å²) in [6.07, 6.45) is -0.486. The molecule has 0 bridgehead atoms. The molecule has 1 saturated heterocycles. The number of nitrogens with one attached hydrogen (secondary N) is 3. The number of carbonyl (C=O) groups excluding carboxylic acids is 2. The topological polar surface area (TPSA) is 70.2 Å². The number of carbonyl (C=O) groups is 2. The smallest absolute Gasteiger partial charge is 0.262 e. The van der Waals surface area contributed by atoms with Crippen LogP contribution in [0.15, 0.2) is 17.5 Å². The Kier molecular flexibility index (Phi) is 6.50. The highest BCUT2D eigenvalue weighted by molar-refractivity contribution is 7.12. The van der Waals surface area contributed by atoms with Gasteiger partial charge in [-0.05, 0) is 11.4 Å². The maximum atomic E-state index is 12.9. The average molecular weight is 340 g/mol. The van der Waals surface area contributed by atoms with Crippen LogP contribution in [0.25, 0.3) is 0 Å². The standard InChI is InChI=1S/C12H15F2N3O2S.ClH/c13-12(14)6-8(17-7-12)10(18)15-3-4-16-11(19)9-2-1-5-20-9;/h1-2,5,8,17H,3-4,6-7H2,(H,15,18)(H,16,19);1H. The lowest BCUT2D eigenvalue weighted by Crippen LogP contribution is -2.43. The molecule has 1 aliphatic heterocycles. The van der Waals surface area contributed by atoms with E-state index in [1.807, 2.05) is 0 Å². The maximum Gasteiger partial charge on any atom is 0.262 e. The Bertz CT molecular complexity index is 485. The molecule has 1 aliphatic rings. The zero-order chi connectivity index (χ0) is 14.6. The van der Waals surface area contributed by atoms with Crippen molar-refractivity contribution in [3.8, 4) is 0 Å². The van der Waals surface area contributed by atoms with Crippen molar-refractivity contribution in [2.75, 3.05) is 19.6 Å². The molecule has 1 atom stereocenters. The summed E-state index contributed by atoms with van der Waals surface area (Å²) in [6, 6.07) is 2.61. The summed E-state index contributed by atoms with van der Waals surface area (Å²) in [6.45, 7) is -0.00845. The average Bonchev–Trinajstić information content (AvgIpc) is 3.03. The first-order chi connectivity index (χ1) is 9.48. The zero-order valence-electron chi connectivity index (χ0n) is 11.0. The SMILES string of the molecule is Cl.O=C(NCCNC(=O)C1CC(F)(F)CN1)c1cccs1. The molecule has 0 saturated carbocycles. The van der Waals surface area contributed by atoms with E-state index in [0.29, 0.717) is 4.88 Å². The predicted octanol–water partition coefficient (Wildman–Crippen LogP) is 1.01. The minimum Gasteiger partial charge on any atom is -0.353 e. The number of amides is 2. The molecule has 118 valence electrons. The lowest BCUT2D eigenvalue weighted by Gasteiger charge is -2.11. The van der Waals surface area contributed by atoms with Gasteiger partial charge in [0, 0.05) is 19.5 Å². The van der Waals surface area contributed by atoms with Crippen molar-refractivity contribution in [3.05, 3.63) is 22.4 Å². The molecule has 0 radical (unpaired) electrons. The Morgan fingerprint density at radius 3 is 2.67 bits per heavy atom. The van der Waals surface area contributed by atoms with Gasteiger partial charge in [-0.1, -0.05) is 6.07 Å². The van der Waals surface area contributed by atoms with Gasteiger partial charge in [0.25, 0.3) is 11.8 Å². The van der Waals surface area contributed by atoms with Crippen LogP contribution in [0.5, 0.6) is 0 Å². The number of halogens is 3. The van der Waals surface area contributed by atoms with Gasteiger partial charge in [-0.25, -0.2) is 8.78 Å². The fourth-order valence-corrected chi connectivity index (χ4v) is 2.52. The van der Waals surface area contributed by atoms with Crippen molar-refractivity contribution in [3.63, 3.8) is 0 Å². The Labute approximate surface area is 130 Å². The van der Waals surface area contributed by atoms with E-state index in [-0.39, 0.29) is 31.4 Å². The molecule has 21 heavy (non-hydrogen) atoms. The van der Waals surface area contributed by atoms with Gasteiger partial charge in [-0.3, -0.25) is 14.9 Å². The van der Waals surface area contributed by atoms with E-state index in [1.165, 1.54) is 11.3 Å². The molecule has 0 aliphatic carbocycles. The Hall–Kier alpha value is -1.25. The summed E-state index contributed by atoms with van der Waals surface area (Å²) in [4.78, 5) is 23.7. The molecule has 1 unspecified atom stereocenters. The Morgan fingerprint density at radius 2 is 2.10 bits per heavy atom. The molecule has 1 aromatic heterocycles.